The number of hydrogen-bond acceptors (Lipinski definition) is 8. The van der Waals surface area contributed by atoms with Crippen LogP contribution >= 0.6 is 11.3 Å². The van der Waals surface area contributed by atoms with Crippen molar-refractivity contribution in [2.45, 2.75) is 220 Å². The fourth-order valence-corrected chi connectivity index (χ4v) is 9.46. The number of carbonyl (C=O) groups is 4. The van der Waals surface area contributed by atoms with E-state index in [1.807, 2.05) is 19.0 Å². The fourth-order valence-electron chi connectivity index (χ4n) is 8.20. The van der Waals surface area contributed by atoms with Gasteiger partial charge in [-0.2, -0.15) is 0 Å². The summed E-state index contributed by atoms with van der Waals surface area (Å²) in [4.78, 5) is 58.0. The van der Waals surface area contributed by atoms with Crippen LogP contribution in [0.5, 0.6) is 0 Å². The number of nitrogens with one attached hydrogen (secondary N) is 1. The van der Waals surface area contributed by atoms with Crippen LogP contribution in [-0.4, -0.2) is 74.0 Å². The van der Waals surface area contributed by atoms with E-state index in [1.54, 1.807) is 0 Å². The third kappa shape index (κ3) is 26.5. The van der Waals surface area contributed by atoms with Crippen LogP contribution in [0.1, 0.15) is 228 Å². The molecule has 1 aliphatic rings. The van der Waals surface area contributed by atoms with Crippen LogP contribution in [0.3, 0.4) is 0 Å². The lowest BCUT2D eigenvalue weighted by molar-refractivity contribution is -0.149. The second-order valence-electron chi connectivity index (χ2n) is 18.2. The molecular weight excluding hydrogens is 807 g/mol. The number of anilines is 1. The molecule has 0 spiro atoms. The Hall–Kier alpha value is -2.98. The van der Waals surface area contributed by atoms with Crippen molar-refractivity contribution < 1.29 is 28.7 Å². The molecule has 2 amide bonds. The van der Waals surface area contributed by atoms with Crippen molar-refractivity contribution >= 4 is 40.1 Å². The monoisotopic (exact) mass is 898 g/mol. The summed E-state index contributed by atoms with van der Waals surface area (Å²) in [7, 11) is 3.99. The molecule has 2 rings (SSSR count). The molecule has 2 heterocycles. The first kappa shape index (κ1) is 56.2. The smallest absolute Gasteiger partial charge is 0.341 e. The van der Waals surface area contributed by atoms with Crippen molar-refractivity contribution in [3.05, 3.63) is 40.3 Å². The number of thiophene rings is 1. The molecule has 360 valence electrons. The summed E-state index contributed by atoms with van der Waals surface area (Å²) in [6, 6.07) is 0. The summed E-state index contributed by atoms with van der Waals surface area (Å²) in [5, 5.41) is 3.62. The predicted molar refractivity (Wildman–Crippen MR) is 265 cm³/mol. The topological polar surface area (TPSA) is 105 Å². The van der Waals surface area contributed by atoms with Gasteiger partial charge in [0, 0.05) is 30.8 Å². The SMILES string of the molecule is CCCCC/C=C\C/C=C\CCCCCCCC(=O)Nc1sc2c(c1C(=O)OCCCN(C)C)CCN(C(=O)CCCCCOC(=O)C(CCCCCC)CCCCCCCC)C2. The Morgan fingerprint density at radius 1 is 0.667 bits per heavy atom. The van der Waals surface area contributed by atoms with E-state index >= 15 is 0 Å². The number of fused-ring (bicyclic) bond motifs is 1. The minimum atomic E-state index is -0.399. The van der Waals surface area contributed by atoms with Crippen LogP contribution in [0.2, 0.25) is 0 Å². The molecular formula is C53H91N3O6S. The van der Waals surface area contributed by atoms with E-state index in [1.165, 1.54) is 94.8 Å². The molecule has 10 heteroatoms. The van der Waals surface area contributed by atoms with Gasteiger partial charge in [-0.25, -0.2) is 4.79 Å². The number of unbranched alkanes of at least 4 members (excludes halogenated alkanes) is 18. The van der Waals surface area contributed by atoms with Gasteiger partial charge in [-0.15, -0.1) is 11.3 Å². The molecule has 1 aliphatic heterocycles. The Bertz CT molecular complexity index is 1440. The maximum Gasteiger partial charge on any atom is 0.341 e. The maximum atomic E-state index is 13.5. The fraction of sp³-hybridized carbons (Fsp3) is 0.774. The van der Waals surface area contributed by atoms with Crippen molar-refractivity contribution in [3.8, 4) is 0 Å². The van der Waals surface area contributed by atoms with Crippen molar-refractivity contribution in [2.75, 3.05) is 45.7 Å². The predicted octanol–water partition coefficient (Wildman–Crippen LogP) is 13.9. The summed E-state index contributed by atoms with van der Waals surface area (Å²) in [6.07, 6.45) is 39.8. The first-order chi connectivity index (χ1) is 30.7. The van der Waals surface area contributed by atoms with Gasteiger partial charge in [0.1, 0.15) is 5.00 Å². The van der Waals surface area contributed by atoms with Crippen LogP contribution in [0.25, 0.3) is 0 Å². The largest absolute Gasteiger partial charge is 0.465 e. The number of nitrogens with zero attached hydrogens (tertiary/aromatic N) is 2. The second kappa shape index (κ2) is 37.3. The van der Waals surface area contributed by atoms with Gasteiger partial charge >= 0.3 is 11.9 Å². The van der Waals surface area contributed by atoms with E-state index in [2.05, 4.69) is 55.3 Å². The molecule has 1 N–H and O–H groups in total. The minimum absolute atomic E-state index is 0.00527. The van der Waals surface area contributed by atoms with Gasteiger partial charge in [-0.05, 0) is 103 Å². The zero-order valence-electron chi connectivity index (χ0n) is 40.9. The average molecular weight is 898 g/mol. The van der Waals surface area contributed by atoms with E-state index in [0.717, 1.165) is 107 Å². The molecule has 0 saturated carbocycles. The number of ether oxygens (including phenoxy) is 2. The van der Waals surface area contributed by atoms with Crippen LogP contribution in [0.15, 0.2) is 24.3 Å². The first-order valence-electron chi connectivity index (χ1n) is 25.7. The number of rotatable bonds is 39. The Morgan fingerprint density at radius 3 is 1.90 bits per heavy atom. The standard InChI is InChI=1S/C53H91N3O6S/c1-6-9-12-15-17-18-19-20-21-22-23-24-25-27-31-37-48(57)54-51-50(53(60)62-43-34-40-55(4)5)46-39-41-56(44-47(46)63-51)49(58)38-32-28-33-42-61-52(59)45(35-29-14-11-8-3)36-30-26-16-13-10-7-2/h17-18,20-21,45H,6-16,19,22-44H2,1-5H3,(H,54,57)/b18-17-,21-20-. The molecule has 9 nitrogen and oxygen atoms in total. The molecule has 1 aromatic heterocycles. The molecule has 0 saturated heterocycles. The molecule has 1 unspecified atom stereocenters. The first-order valence-corrected chi connectivity index (χ1v) is 26.5. The summed E-state index contributed by atoms with van der Waals surface area (Å²) < 4.78 is 11.5. The van der Waals surface area contributed by atoms with Gasteiger partial charge in [0.2, 0.25) is 11.8 Å². The summed E-state index contributed by atoms with van der Waals surface area (Å²) in [5.74, 6) is -0.420. The van der Waals surface area contributed by atoms with Gasteiger partial charge in [0.05, 0.1) is 31.2 Å². The van der Waals surface area contributed by atoms with Crippen LogP contribution in [0.4, 0.5) is 5.00 Å². The summed E-state index contributed by atoms with van der Waals surface area (Å²) >= 11 is 1.41. The number of amides is 2. The molecule has 1 aromatic rings. The van der Waals surface area contributed by atoms with Gasteiger partial charge in [-0.3, -0.25) is 14.4 Å². The number of allylic oxidation sites excluding steroid dienone is 4. The van der Waals surface area contributed by atoms with Crippen LogP contribution in [0, 0.1) is 5.92 Å². The second-order valence-corrected chi connectivity index (χ2v) is 19.3. The number of carbonyl (C=O) groups excluding carboxylic acids is 4. The lowest BCUT2D eigenvalue weighted by Gasteiger charge is -2.27. The van der Waals surface area contributed by atoms with Gasteiger partial charge in [0.15, 0.2) is 0 Å². The molecule has 0 aliphatic carbocycles. The normalized spacial score (nSPS) is 13.3. The Labute approximate surface area is 389 Å². The highest BCUT2D eigenvalue weighted by Gasteiger charge is 2.31. The Balaban J connectivity index is 1.82. The van der Waals surface area contributed by atoms with E-state index in [-0.39, 0.29) is 23.7 Å². The van der Waals surface area contributed by atoms with Crippen molar-refractivity contribution in [3.63, 3.8) is 0 Å². The van der Waals surface area contributed by atoms with Gasteiger partial charge < -0.3 is 24.6 Å². The van der Waals surface area contributed by atoms with Crippen LogP contribution < -0.4 is 5.32 Å². The number of hydrogen-bond donors (Lipinski definition) is 1. The molecule has 0 bridgehead atoms. The molecule has 63 heavy (non-hydrogen) atoms. The highest BCUT2D eigenvalue weighted by molar-refractivity contribution is 7.17. The Kier molecular flexibility index (Phi) is 33.2. The highest BCUT2D eigenvalue weighted by Crippen LogP contribution is 2.38. The average Bonchev–Trinajstić information content (AvgIpc) is 3.63. The zero-order valence-corrected chi connectivity index (χ0v) is 41.7. The van der Waals surface area contributed by atoms with Crippen LogP contribution in [-0.2, 0) is 36.8 Å². The van der Waals surface area contributed by atoms with Crippen molar-refractivity contribution in [1.29, 1.82) is 0 Å². The lowest BCUT2D eigenvalue weighted by atomic mass is 9.94. The van der Waals surface area contributed by atoms with Gasteiger partial charge in [-0.1, -0.05) is 141 Å². The minimum Gasteiger partial charge on any atom is -0.465 e. The zero-order chi connectivity index (χ0) is 45.8. The maximum absolute atomic E-state index is 13.5. The Morgan fingerprint density at radius 2 is 1.22 bits per heavy atom. The third-order valence-electron chi connectivity index (χ3n) is 12.1. The summed E-state index contributed by atoms with van der Waals surface area (Å²) in [6.45, 7) is 9.17. The molecule has 0 fully saturated rings. The van der Waals surface area contributed by atoms with Crippen molar-refractivity contribution in [2.24, 2.45) is 5.92 Å². The third-order valence-corrected chi connectivity index (χ3v) is 13.3. The number of esters is 2. The summed E-state index contributed by atoms with van der Waals surface area (Å²) in [5.41, 5.74) is 1.36. The lowest BCUT2D eigenvalue weighted by Crippen LogP contribution is -2.35. The molecule has 1 atom stereocenters. The highest BCUT2D eigenvalue weighted by atomic mass is 32.1. The van der Waals surface area contributed by atoms with E-state index in [9.17, 15) is 19.2 Å². The van der Waals surface area contributed by atoms with E-state index in [4.69, 9.17) is 9.47 Å². The quantitative estimate of drug-likeness (QED) is 0.0398. The van der Waals surface area contributed by atoms with E-state index in [0.29, 0.717) is 56.1 Å². The van der Waals surface area contributed by atoms with Crippen molar-refractivity contribution in [1.82, 2.24) is 9.80 Å². The molecule has 0 aromatic carbocycles. The van der Waals surface area contributed by atoms with Gasteiger partial charge in [0.25, 0.3) is 0 Å². The van der Waals surface area contributed by atoms with E-state index < -0.39 is 5.97 Å². The molecule has 0 radical (unpaired) electrons.